The molecule has 0 atom stereocenters. The first-order valence-corrected chi connectivity index (χ1v) is 20.2. The van der Waals surface area contributed by atoms with Crippen LogP contribution < -0.4 is 0 Å². The Balaban J connectivity index is 1.13. The van der Waals surface area contributed by atoms with Gasteiger partial charge in [0.1, 0.15) is 0 Å². The van der Waals surface area contributed by atoms with Crippen molar-refractivity contribution in [3.63, 3.8) is 0 Å². The molecular formula is C54H56N2. The van der Waals surface area contributed by atoms with Crippen molar-refractivity contribution in [2.75, 3.05) is 0 Å². The fourth-order valence-corrected chi connectivity index (χ4v) is 8.00. The van der Waals surface area contributed by atoms with Gasteiger partial charge in [0, 0.05) is 44.0 Å². The van der Waals surface area contributed by atoms with Crippen molar-refractivity contribution in [2.45, 2.75) is 105 Å². The van der Waals surface area contributed by atoms with Crippen LogP contribution in [-0.4, -0.2) is 9.13 Å². The standard InChI is InChI=1S/C54H56N2/c1-51(2,3)37-19-27-47-43(31-37)44-32-38(52(4,5)6)20-28-48(44)55(47)41-23-15-35(16-24-41)13-14-36-17-25-42(26-18-36)56-49-29-21-39(53(7,8)9)33-45(49)46-34-40(54(10,11)12)22-30-50(46)56/h15-34H,1-12H3. The van der Waals surface area contributed by atoms with E-state index in [9.17, 15) is 0 Å². The van der Waals surface area contributed by atoms with Gasteiger partial charge in [-0.05, 0) is 141 Å². The van der Waals surface area contributed by atoms with Gasteiger partial charge in [-0.15, -0.1) is 0 Å². The molecule has 0 aliphatic heterocycles. The zero-order valence-corrected chi connectivity index (χ0v) is 35.4. The molecule has 0 unspecified atom stereocenters. The van der Waals surface area contributed by atoms with Gasteiger partial charge in [0.05, 0.1) is 22.1 Å². The lowest BCUT2D eigenvalue weighted by molar-refractivity contribution is 0.590. The fourth-order valence-electron chi connectivity index (χ4n) is 8.00. The Morgan fingerprint density at radius 2 is 0.536 bits per heavy atom. The van der Waals surface area contributed by atoms with Crippen LogP contribution in [0.4, 0.5) is 0 Å². The summed E-state index contributed by atoms with van der Waals surface area (Å²) in [5, 5.41) is 5.21. The van der Waals surface area contributed by atoms with Gasteiger partial charge in [-0.1, -0.05) is 119 Å². The van der Waals surface area contributed by atoms with Crippen LogP contribution >= 0.6 is 0 Å². The normalized spacial score (nSPS) is 12.9. The zero-order chi connectivity index (χ0) is 39.9. The Labute approximate surface area is 334 Å². The van der Waals surface area contributed by atoms with Crippen LogP contribution in [0.1, 0.15) is 116 Å². The molecule has 0 aliphatic carbocycles. The van der Waals surface area contributed by atoms with Crippen molar-refractivity contribution in [3.05, 3.63) is 155 Å². The highest BCUT2D eigenvalue weighted by atomic mass is 15.0. The summed E-state index contributed by atoms with van der Waals surface area (Å²) in [6.07, 6.45) is 0. The summed E-state index contributed by atoms with van der Waals surface area (Å²) in [6.45, 7) is 27.5. The number of nitrogens with zero attached hydrogens (tertiary/aromatic N) is 2. The molecule has 8 rings (SSSR count). The minimum absolute atomic E-state index is 0.0723. The third-order valence-corrected chi connectivity index (χ3v) is 11.6. The van der Waals surface area contributed by atoms with E-state index < -0.39 is 0 Å². The predicted octanol–water partition coefficient (Wildman–Crippen LogP) is 14.5. The fraction of sp³-hybridized carbons (Fsp3) is 0.296. The molecular weight excluding hydrogens is 677 g/mol. The molecule has 0 saturated carbocycles. The lowest BCUT2D eigenvalue weighted by Crippen LogP contribution is -2.10. The lowest BCUT2D eigenvalue weighted by Gasteiger charge is -2.19. The molecule has 0 fully saturated rings. The highest BCUT2D eigenvalue weighted by Gasteiger charge is 2.22. The lowest BCUT2D eigenvalue weighted by atomic mass is 9.85. The summed E-state index contributed by atoms with van der Waals surface area (Å²) in [6, 6.07) is 45.4. The number of fused-ring (bicyclic) bond motifs is 6. The molecule has 0 aliphatic rings. The number of hydrogen-bond donors (Lipinski definition) is 0. The highest BCUT2D eigenvalue weighted by molar-refractivity contribution is 6.11. The molecule has 2 aromatic heterocycles. The van der Waals surface area contributed by atoms with E-state index in [1.54, 1.807) is 0 Å². The van der Waals surface area contributed by atoms with Crippen molar-refractivity contribution in [3.8, 4) is 23.2 Å². The van der Waals surface area contributed by atoms with Crippen molar-refractivity contribution in [1.82, 2.24) is 9.13 Å². The van der Waals surface area contributed by atoms with E-state index >= 15 is 0 Å². The molecule has 0 saturated heterocycles. The molecule has 282 valence electrons. The quantitative estimate of drug-likeness (QED) is 0.157. The zero-order valence-electron chi connectivity index (χ0n) is 35.4. The first-order valence-electron chi connectivity index (χ1n) is 20.2. The summed E-state index contributed by atoms with van der Waals surface area (Å²) in [4.78, 5) is 0. The number of benzene rings is 6. The Morgan fingerprint density at radius 3 is 0.750 bits per heavy atom. The molecule has 0 radical (unpaired) electrons. The van der Waals surface area contributed by atoms with E-state index in [-0.39, 0.29) is 21.7 Å². The van der Waals surface area contributed by atoms with Gasteiger partial charge in [0.15, 0.2) is 0 Å². The van der Waals surface area contributed by atoms with E-state index in [4.69, 9.17) is 0 Å². The van der Waals surface area contributed by atoms with E-state index in [2.05, 4.69) is 225 Å². The van der Waals surface area contributed by atoms with Crippen LogP contribution in [0.5, 0.6) is 0 Å². The van der Waals surface area contributed by atoms with E-state index in [0.717, 1.165) is 22.5 Å². The van der Waals surface area contributed by atoms with Crippen molar-refractivity contribution >= 4 is 43.6 Å². The van der Waals surface area contributed by atoms with Crippen molar-refractivity contribution < 1.29 is 0 Å². The van der Waals surface area contributed by atoms with Gasteiger partial charge in [0.25, 0.3) is 0 Å². The molecule has 0 amide bonds. The molecule has 6 aromatic carbocycles. The predicted molar refractivity (Wildman–Crippen MR) is 242 cm³/mol. The van der Waals surface area contributed by atoms with Crippen LogP contribution in [0.25, 0.3) is 55.0 Å². The minimum atomic E-state index is 0.0723. The largest absolute Gasteiger partial charge is 0.309 e. The van der Waals surface area contributed by atoms with Gasteiger partial charge < -0.3 is 9.13 Å². The van der Waals surface area contributed by atoms with Crippen LogP contribution in [-0.2, 0) is 21.7 Å². The first kappa shape index (κ1) is 37.4. The molecule has 8 aromatic rings. The van der Waals surface area contributed by atoms with E-state index in [1.165, 1.54) is 65.9 Å². The summed E-state index contributed by atoms with van der Waals surface area (Å²) in [5.41, 5.74) is 14.9. The van der Waals surface area contributed by atoms with Crippen molar-refractivity contribution in [1.29, 1.82) is 0 Å². The molecule has 2 heteroatoms. The smallest absolute Gasteiger partial charge is 0.0541 e. The van der Waals surface area contributed by atoms with Gasteiger partial charge in [-0.25, -0.2) is 0 Å². The minimum Gasteiger partial charge on any atom is -0.309 e. The SMILES string of the molecule is CC(C)(C)c1ccc2c(c1)c1cc(C(C)(C)C)ccc1n2-c1ccc(C#Cc2ccc(-n3c4ccc(C(C)(C)C)cc4c4cc(C(C)(C)C)ccc43)cc2)cc1. The van der Waals surface area contributed by atoms with Gasteiger partial charge >= 0.3 is 0 Å². The van der Waals surface area contributed by atoms with E-state index in [0.29, 0.717) is 0 Å². The summed E-state index contributed by atoms with van der Waals surface area (Å²) < 4.78 is 4.81. The van der Waals surface area contributed by atoms with Crippen molar-refractivity contribution in [2.24, 2.45) is 0 Å². The average molecular weight is 733 g/mol. The Hall–Kier alpha value is -5.52. The second kappa shape index (κ2) is 13.0. The van der Waals surface area contributed by atoms with Gasteiger partial charge in [-0.2, -0.15) is 0 Å². The second-order valence-electron chi connectivity index (χ2n) is 19.9. The molecule has 0 spiro atoms. The Morgan fingerprint density at radius 1 is 0.304 bits per heavy atom. The monoisotopic (exact) mass is 732 g/mol. The van der Waals surface area contributed by atoms with Crippen LogP contribution in [0, 0.1) is 11.8 Å². The molecule has 2 nitrogen and oxygen atoms in total. The van der Waals surface area contributed by atoms with Gasteiger partial charge in [0.2, 0.25) is 0 Å². The van der Waals surface area contributed by atoms with Crippen LogP contribution in [0.3, 0.4) is 0 Å². The summed E-state index contributed by atoms with van der Waals surface area (Å²) in [7, 11) is 0. The topological polar surface area (TPSA) is 9.86 Å². The average Bonchev–Trinajstić information content (AvgIpc) is 3.64. The van der Waals surface area contributed by atoms with Crippen LogP contribution in [0.15, 0.2) is 121 Å². The maximum absolute atomic E-state index is 3.44. The molecule has 2 heterocycles. The van der Waals surface area contributed by atoms with E-state index in [1.807, 2.05) is 0 Å². The number of rotatable bonds is 2. The third-order valence-electron chi connectivity index (χ3n) is 11.6. The maximum atomic E-state index is 3.44. The molecule has 0 N–H and O–H groups in total. The Bertz CT molecular complexity index is 2510. The maximum Gasteiger partial charge on any atom is 0.0541 e. The molecule has 56 heavy (non-hydrogen) atoms. The summed E-state index contributed by atoms with van der Waals surface area (Å²) >= 11 is 0. The number of hydrogen-bond acceptors (Lipinski definition) is 0. The van der Waals surface area contributed by atoms with Gasteiger partial charge in [-0.3, -0.25) is 0 Å². The van der Waals surface area contributed by atoms with Crippen LogP contribution in [0.2, 0.25) is 0 Å². The second-order valence-corrected chi connectivity index (χ2v) is 19.9. The molecule has 0 bridgehead atoms. The number of aromatic nitrogens is 2. The summed E-state index contributed by atoms with van der Waals surface area (Å²) in [5.74, 6) is 6.89. The highest BCUT2D eigenvalue weighted by Crippen LogP contribution is 2.39. The first-order chi connectivity index (χ1) is 26.3. The third kappa shape index (κ3) is 6.73. The Kier molecular flexibility index (Phi) is 8.70.